The van der Waals surface area contributed by atoms with Crippen molar-refractivity contribution < 1.29 is 303 Å². The Morgan fingerprint density at radius 1 is 0.191 bits per heavy atom. The summed E-state index contributed by atoms with van der Waals surface area (Å²) in [6.45, 7) is -13.1. The van der Waals surface area contributed by atoms with Crippen LogP contribution in [0.5, 0.6) is 0 Å². The van der Waals surface area contributed by atoms with Crippen LogP contribution in [0.25, 0.3) is 0 Å². The number of aliphatic hydroxyl groups excluding tert-OH is 37. The van der Waals surface area contributed by atoms with E-state index in [4.69, 9.17) is 109 Å². The molecule has 0 aromatic heterocycles. The normalized spacial score (nSPS) is 52.8. The summed E-state index contributed by atoms with van der Waals surface area (Å²) >= 11 is 0. The Hall–Kier alpha value is -2.93. The summed E-state index contributed by atoms with van der Waals surface area (Å²) in [7, 11) is 0. The fourth-order valence-electron chi connectivity index (χ4n) is 17.4. The first-order valence-corrected chi connectivity index (χ1v) is 43.2. The van der Waals surface area contributed by atoms with Crippen LogP contribution in [0.2, 0.25) is 0 Å². The molecule has 60 atom stereocenters. The maximum absolute atomic E-state index is 13.0. The second-order valence-electron chi connectivity index (χ2n) is 34.5. The summed E-state index contributed by atoms with van der Waals surface area (Å²) in [4.78, 5) is 12.6. The number of amides is 1. The number of nitrogens with one attached hydrogen (secondary N) is 1. The van der Waals surface area contributed by atoms with Crippen molar-refractivity contribution in [2.24, 2.45) is 0 Å². The van der Waals surface area contributed by atoms with Crippen LogP contribution in [-0.2, 0) is 114 Å². The number of carbonyl (C=O) groups is 1. The lowest BCUT2D eigenvalue weighted by Gasteiger charge is -2.51. The molecule has 12 aliphatic rings. The Bertz CT molecular complexity index is 3590. The van der Waals surface area contributed by atoms with Crippen LogP contribution < -0.4 is 5.32 Å². The topological polar surface area (TPSA) is 990 Å². The molecule has 0 radical (unpaired) electrons. The molecule has 136 heavy (non-hydrogen) atoms. The van der Waals surface area contributed by atoms with Crippen LogP contribution in [0.4, 0.5) is 0 Å². The van der Waals surface area contributed by atoms with Gasteiger partial charge in [-0.2, -0.15) is 0 Å². The van der Waals surface area contributed by atoms with Gasteiger partial charge >= 0.3 is 0 Å². The van der Waals surface area contributed by atoms with E-state index in [9.17, 15) is 194 Å². The van der Waals surface area contributed by atoms with E-state index in [-0.39, 0.29) is 0 Å². The number of hydrogen-bond acceptors (Lipinski definition) is 61. The third-order valence-electron chi connectivity index (χ3n) is 25.5. The number of hydrogen-bond donors (Lipinski definition) is 38. The van der Waals surface area contributed by atoms with Crippen LogP contribution in [0.15, 0.2) is 0 Å². The SMILES string of the molecule is CC(=O)N[C@H]1C(O)O[C@H](CO)[C@@H](O[C@@H]2O[C@H](CO[C@H]3O[C@H](CO[C@H]4O[C@H](CO)[C@@H](O)[C@H](O)[C@@H]4O[C@H]4O[C@H](CO)[C@@H](O)[C@H](O)[C@@H]4O)[C@@H](O)[C@H](O[C@H]4O[C@H](CO)[C@@H](O)[C@H](O)[C@@H]4O)[C@@H]3O)[C@@H](O)[C@H](O[C@H]3O[C@H](CO[C@H]4O[C@H](CO)[C@@H](O)[C@H](O)[C@@H]4O[C@H]4O[C@H](CO)[C@@H](O)[C@H](O)[C@@H]4O)[C@@H](O)[C@H](O)[C@@H]3O[C@H]3O[C@H](CO)[C@@H](O)[C@H](O)[C@@H]3O[C@H]3O[C@H](CO)[C@@H](O)[C@H](O[C@H]4O[C@H](CO)[C@@H](O)[C@H](O)[C@@H]4O)[C@H]3O)[C@@H]2O)[C@@H]1O. The molecular formula is C74H125NO61. The van der Waals surface area contributed by atoms with Crippen molar-refractivity contribution in [1.29, 1.82) is 0 Å². The van der Waals surface area contributed by atoms with Crippen molar-refractivity contribution >= 4 is 5.91 Å². The van der Waals surface area contributed by atoms with Gasteiger partial charge in [0.15, 0.2) is 75.5 Å². The molecule has 1 unspecified atom stereocenters. The number of ether oxygens (including phenoxy) is 23. The van der Waals surface area contributed by atoms with Gasteiger partial charge < -0.3 is 303 Å². The van der Waals surface area contributed by atoms with Gasteiger partial charge in [0.05, 0.1) is 79.3 Å². The van der Waals surface area contributed by atoms with Crippen LogP contribution in [0.1, 0.15) is 6.92 Å². The van der Waals surface area contributed by atoms with Gasteiger partial charge in [-0.1, -0.05) is 0 Å². The summed E-state index contributed by atoms with van der Waals surface area (Å²) in [5.74, 6) is -0.942. The van der Waals surface area contributed by atoms with E-state index in [1.807, 2.05) is 0 Å². The van der Waals surface area contributed by atoms with E-state index in [0.717, 1.165) is 6.92 Å². The molecule has 0 aromatic rings. The van der Waals surface area contributed by atoms with Gasteiger partial charge in [0.2, 0.25) is 5.91 Å². The molecule has 62 nitrogen and oxygen atoms in total. The Morgan fingerprint density at radius 3 is 0.706 bits per heavy atom. The zero-order chi connectivity index (χ0) is 99.7. The Labute approximate surface area is 766 Å². The van der Waals surface area contributed by atoms with Gasteiger partial charge in [0.1, 0.15) is 293 Å². The molecule has 0 bridgehead atoms. The quantitative estimate of drug-likeness (QED) is 0.0280. The van der Waals surface area contributed by atoms with E-state index in [2.05, 4.69) is 5.32 Å². The van der Waals surface area contributed by atoms with E-state index < -0.39 is 454 Å². The first-order valence-electron chi connectivity index (χ1n) is 43.2. The summed E-state index contributed by atoms with van der Waals surface area (Å²) in [5, 5.41) is 415. The van der Waals surface area contributed by atoms with Gasteiger partial charge in [-0.3, -0.25) is 4.79 Å². The zero-order valence-corrected chi connectivity index (χ0v) is 71.5. The minimum atomic E-state index is -2.78. The lowest BCUT2D eigenvalue weighted by Crippen LogP contribution is -2.69. The fraction of sp³-hybridized carbons (Fsp3) is 0.986. The molecule has 792 valence electrons. The average molecular weight is 2000 g/mol. The molecular weight excluding hydrogens is 1880 g/mol. The minimum absolute atomic E-state index is 0.920. The molecule has 0 aromatic carbocycles. The highest BCUT2D eigenvalue weighted by atomic mass is 16.8. The zero-order valence-electron chi connectivity index (χ0n) is 71.5. The second kappa shape index (κ2) is 48.6. The summed E-state index contributed by atoms with van der Waals surface area (Å²) in [6, 6.07) is -1.91. The monoisotopic (exact) mass is 2000 g/mol. The van der Waals surface area contributed by atoms with Crippen molar-refractivity contribution in [3.63, 3.8) is 0 Å². The smallest absolute Gasteiger partial charge is 0.217 e. The Kier molecular flexibility index (Phi) is 40.0. The lowest BCUT2D eigenvalue weighted by molar-refractivity contribution is -0.413. The molecule has 12 saturated heterocycles. The Morgan fingerprint density at radius 2 is 0.390 bits per heavy atom. The van der Waals surface area contributed by atoms with Crippen molar-refractivity contribution in [3.8, 4) is 0 Å². The van der Waals surface area contributed by atoms with Crippen molar-refractivity contribution in [2.45, 2.75) is 375 Å². The van der Waals surface area contributed by atoms with Crippen LogP contribution in [0, 0.1) is 0 Å². The third kappa shape index (κ3) is 23.7. The number of carbonyl (C=O) groups excluding carboxylic acids is 1. The highest BCUT2D eigenvalue weighted by molar-refractivity contribution is 5.73. The van der Waals surface area contributed by atoms with Gasteiger partial charge in [-0.05, 0) is 0 Å². The van der Waals surface area contributed by atoms with E-state index in [1.54, 1.807) is 0 Å². The molecule has 0 saturated carbocycles. The largest absolute Gasteiger partial charge is 0.394 e. The van der Waals surface area contributed by atoms with Gasteiger partial charge in [0, 0.05) is 6.92 Å². The van der Waals surface area contributed by atoms with Crippen molar-refractivity contribution in [3.05, 3.63) is 0 Å². The maximum atomic E-state index is 13.0. The lowest BCUT2D eigenvalue weighted by atomic mass is 9.94. The first-order chi connectivity index (χ1) is 64.5. The van der Waals surface area contributed by atoms with E-state index in [1.165, 1.54) is 0 Å². The minimum Gasteiger partial charge on any atom is -0.394 e. The molecule has 12 heterocycles. The van der Waals surface area contributed by atoms with E-state index >= 15 is 0 Å². The summed E-state index contributed by atoms with van der Waals surface area (Å²) in [5.41, 5.74) is 0. The third-order valence-corrected chi connectivity index (χ3v) is 25.5. The van der Waals surface area contributed by atoms with Crippen LogP contribution in [-0.4, -0.2) is 643 Å². The molecule has 0 aliphatic carbocycles. The molecule has 12 fully saturated rings. The predicted octanol–water partition coefficient (Wildman–Crippen LogP) is -27.0. The number of aliphatic hydroxyl groups is 37. The number of rotatable bonds is 35. The van der Waals surface area contributed by atoms with Gasteiger partial charge in [-0.15, -0.1) is 0 Å². The molecule has 0 spiro atoms. The highest BCUT2D eigenvalue weighted by Gasteiger charge is 2.63. The standard InChI is InChI=1S/C74H125NO61/c1-14(85)75-27-39(97)55(23(10-84)117-63(27)113)129-70-54(112)58(38(96)26(127-70)12-114-64-52(110)57(131-66-49(107)41(99)29(87)16(3-77)119-66)37(95)25(126-64)13-116-72-60(45(103)33(91)20(7-81)124-72)134-68-51(109)43(101)31(89)18(5-79)121-68)132-74-62(47(105)35(93)24(128-74)11-115-71-59(44(102)32(90)19(6-80)123-71)133-67-50(108)42(100)30(88)17(4-78)120-67)136-73-61(46(104)34(92)21(8-82)125-73)135-69-53(111)56(36(94)22(9-83)122-69)130-65-48(106)40(98)28(86)15(2-76)118-65/h15-74,76-84,86-113H,2-13H2,1H3,(H,75,85)/t15-,16-,17-,18-,19-,20-,21-,22-,23-,24-,25-,26-,27-,28-,29-,30-,31-,32-,33-,34-,35-,36-,37-,38-,39-,40+,41+,42+,43+,44+,45+,46+,47+,48+,49+,50+,51+,52+,53-,54+,55-,56+,57+,58+,59+,60+,61+,62+,63?,64+,65-,66-,67-,68-,69-,70+,71+,72+,73-,74-/m1/s1. The molecule has 1 amide bonds. The van der Waals surface area contributed by atoms with E-state index in [0.29, 0.717) is 0 Å². The first kappa shape index (κ1) is 112. The van der Waals surface area contributed by atoms with Crippen LogP contribution >= 0.6 is 0 Å². The molecule has 38 N–H and O–H groups in total. The summed E-state index contributed by atoms with van der Waals surface area (Å²) in [6.07, 6.45) is -133. The highest BCUT2D eigenvalue weighted by Crippen LogP contribution is 2.42. The second-order valence-corrected chi connectivity index (χ2v) is 34.5. The molecule has 12 rings (SSSR count). The van der Waals surface area contributed by atoms with Gasteiger partial charge in [-0.25, -0.2) is 0 Å². The predicted molar refractivity (Wildman–Crippen MR) is 407 cm³/mol. The maximum Gasteiger partial charge on any atom is 0.217 e. The van der Waals surface area contributed by atoms with Gasteiger partial charge in [0.25, 0.3) is 0 Å². The van der Waals surface area contributed by atoms with Crippen molar-refractivity contribution in [2.75, 3.05) is 79.3 Å². The Balaban J connectivity index is 0.908. The average Bonchev–Trinajstić information content (AvgIpc) is 0.764. The molecule has 62 heteroatoms. The van der Waals surface area contributed by atoms with Crippen LogP contribution in [0.3, 0.4) is 0 Å². The fourth-order valence-corrected chi connectivity index (χ4v) is 17.4. The summed E-state index contributed by atoms with van der Waals surface area (Å²) < 4.78 is 135. The molecule has 12 aliphatic heterocycles. The van der Waals surface area contributed by atoms with Crippen molar-refractivity contribution in [1.82, 2.24) is 5.32 Å².